The smallest absolute Gasteiger partial charge is 0.263 e. The Hall–Kier alpha value is -4.56. The number of allylic oxidation sites excluding steroid dienone is 3. The third-order valence-electron chi connectivity index (χ3n) is 4.83. The molecule has 8 heteroatoms. The van der Waals surface area contributed by atoms with Crippen LogP contribution in [0, 0.1) is 29.0 Å². The number of nitrogens with zero attached hydrogens (tertiary/aromatic N) is 4. The van der Waals surface area contributed by atoms with E-state index in [0.29, 0.717) is 23.3 Å². The van der Waals surface area contributed by atoms with Gasteiger partial charge < -0.3 is 4.74 Å². The van der Waals surface area contributed by atoms with Gasteiger partial charge in [0.05, 0.1) is 23.3 Å². The van der Waals surface area contributed by atoms with Gasteiger partial charge in [0.1, 0.15) is 29.9 Å². The summed E-state index contributed by atoms with van der Waals surface area (Å²) >= 11 is 0. The molecule has 164 valence electrons. The summed E-state index contributed by atoms with van der Waals surface area (Å²) in [5.74, 6) is 4.86. The number of aliphatic imine (C=N–C) groups is 2. The summed E-state index contributed by atoms with van der Waals surface area (Å²) in [5.41, 5.74) is 0.620. The normalized spacial score (nSPS) is 13.4. The van der Waals surface area contributed by atoms with Gasteiger partial charge in [-0.05, 0) is 25.8 Å². The molecular formula is C25H18F2N4O2. The Bertz CT molecular complexity index is 1410. The second-order valence-corrected chi connectivity index (χ2v) is 6.64. The van der Waals surface area contributed by atoms with Crippen LogP contribution in [0.5, 0.6) is 0 Å². The fourth-order valence-electron chi connectivity index (χ4n) is 3.46. The number of hydrogen-bond acceptors (Lipinski definition) is 5. The van der Waals surface area contributed by atoms with Crippen LogP contribution in [0.1, 0.15) is 23.7 Å². The van der Waals surface area contributed by atoms with E-state index in [4.69, 9.17) is 4.74 Å². The van der Waals surface area contributed by atoms with Crippen LogP contribution >= 0.6 is 0 Å². The van der Waals surface area contributed by atoms with E-state index in [9.17, 15) is 18.8 Å². The molecule has 2 heterocycles. The lowest BCUT2D eigenvalue weighted by molar-refractivity contribution is 0.200. The number of hydrogen-bond donors (Lipinski definition) is 0. The van der Waals surface area contributed by atoms with Crippen molar-refractivity contribution in [1.82, 2.24) is 4.57 Å². The number of rotatable bonds is 5. The molecule has 0 aliphatic carbocycles. The van der Waals surface area contributed by atoms with Gasteiger partial charge in [-0.2, -0.15) is 5.26 Å². The van der Waals surface area contributed by atoms with E-state index in [0.717, 1.165) is 12.1 Å². The van der Waals surface area contributed by atoms with Crippen molar-refractivity contribution in [2.24, 2.45) is 9.98 Å². The molecule has 0 bridgehead atoms. The largest absolute Gasteiger partial charge is 0.485 e. The van der Waals surface area contributed by atoms with Crippen molar-refractivity contribution in [2.45, 2.75) is 13.5 Å². The maximum absolute atomic E-state index is 14.4. The highest BCUT2D eigenvalue weighted by Gasteiger charge is 2.27. The fourth-order valence-corrected chi connectivity index (χ4v) is 3.46. The van der Waals surface area contributed by atoms with Crippen molar-refractivity contribution in [3.63, 3.8) is 0 Å². The lowest BCUT2D eigenvalue weighted by Crippen LogP contribution is -2.28. The molecule has 1 aliphatic rings. The summed E-state index contributed by atoms with van der Waals surface area (Å²) in [7, 11) is 1.53. The van der Waals surface area contributed by atoms with Crippen molar-refractivity contribution in [2.75, 3.05) is 7.05 Å². The van der Waals surface area contributed by atoms with Crippen molar-refractivity contribution in [1.29, 1.82) is 5.26 Å². The van der Waals surface area contributed by atoms with Crippen molar-refractivity contribution in [3.05, 3.63) is 81.5 Å². The summed E-state index contributed by atoms with van der Waals surface area (Å²) in [5, 5.41) is 9.52. The number of nitriles is 1. The average Bonchev–Trinajstić information content (AvgIpc) is 2.81. The Morgan fingerprint density at radius 3 is 2.76 bits per heavy atom. The zero-order valence-electron chi connectivity index (χ0n) is 17.9. The zero-order chi connectivity index (χ0) is 24.0. The first-order chi connectivity index (χ1) is 16.0. The van der Waals surface area contributed by atoms with E-state index in [1.807, 2.05) is 6.07 Å². The van der Waals surface area contributed by atoms with Crippen LogP contribution in [-0.2, 0) is 11.3 Å². The molecular weight excluding hydrogens is 426 g/mol. The molecule has 0 spiro atoms. The van der Waals surface area contributed by atoms with Gasteiger partial charge in [-0.1, -0.05) is 18.1 Å². The van der Waals surface area contributed by atoms with Crippen LogP contribution in [0.3, 0.4) is 0 Å². The third-order valence-corrected chi connectivity index (χ3v) is 4.83. The first-order valence-corrected chi connectivity index (χ1v) is 9.66. The quantitative estimate of drug-likeness (QED) is 0.504. The Kier molecular flexibility index (Phi) is 7.12. The third kappa shape index (κ3) is 4.28. The minimum atomic E-state index is -0.761. The minimum Gasteiger partial charge on any atom is -0.485 e. The summed E-state index contributed by atoms with van der Waals surface area (Å²) in [6.45, 7) is 5.09. The van der Waals surface area contributed by atoms with Crippen LogP contribution in [0.2, 0.25) is 0 Å². The molecule has 0 saturated carbocycles. The molecule has 0 radical (unpaired) electrons. The van der Waals surface area contributed by atoms with Crippen molar-refractivity contribution >= 4 is 24.3 Å². The average molecular weight is 444 g/mol. The second kappa shape index (κ2) is 10.2. The Morgan fingerprint density at radius 2 is 2.12 bits per heavy atom. The topological polar surface area (TPSA) is 79.7 Å². The lowest BCUT2D eigenvalue weighted by atomic mass is 9.96. The molecule has 1 aromatic carbocycles. The van der Waals surface area contributed by atoms with E-state index in [1.165, 1.54) is 42.1 Å². The summed E-state index contributed by atoms with van der Waals surface area (Å²) < 4.78 is 34.2. The molecule has 2 aromatic rings. The van der Waals surface area contributed by atoms with E-state index in [-0.39, 0.29) is 34.8 Å². The Labute approximate surface area is 189 Å². The van der Waals surface area contributed by atoms with Gasteiger partial charge in [0.15, 0.2) is 0 Å². The SMILES string of the molecule is C=NC1=C(/C=C/F)OCc2c1cc(-c1cccc(F)c1C#N)c(=O)n2/C(C=NC)=C/C#CC. The first kappa shape index (κ1) is 23.1. The number of ether oxygens (including phenoxy) is 1. The molecule has 33 heavy (non-hydrogen) atoms. The Balaban J connectivity index is 2.54. The van der Waals surface area contributed by atoms with Gasteiger partial charge >= 0.3 is 0 Å². The van der Waals surface area contributed by atoms with Crippen molar-refractivity contribution in [3.8, 4) is 29.0 Å². The maximum atomic E-state index is 14.4. The maximum Gasteiger partial charge on any atom is 0.263 e. The van der Waals surface area contributed by atoms with E-state index in [1.54, 1.807) is 6.92 Å². The monoisotopic (exact) mass is 444 g/mol. The zero-order valence-corrected chi connectivity index (χ0v) is 17.9. The minimum absolute atomic E-state index is 0.0382. The first-order valence-electron chi connectivity index (χ1n) is 9.66. The van der Waals surface area contributed by atoms with Crippen LogP contribution in [-0.4, -0.2) is 24.5 Å². The lowest BCUT2D eigenvalue weighted by Gasteiger charge is -2.25. The molecule has 0 N–H and O–H groups in total. The molecule has 0 amide bonds. The number of benzene rings is 1. The molecule has 6 nitrogen and oxygen atoms in total. The predicted octanol–water partition coefficient (Wildman–Crippen LogP) is 4.47. The van der Waals surface area contributed by atoms with Gasteiger partial charge in [-0.25, -0.2) is 8.78 Å². The Morgan fingerprint density at radius 1 is 1.33 bits per heavy atom. The van der Waals surface area contributed by atoms with E-state index >= 15 is 0 Å². The molecule has 0 fully saturated rings. The molecule has 0 unspecified atom stereocenters. The van der Waals surface area contributed by atoms with Crippen LogP contribution in [0.25, 0.3) is 22.5 Å². The highest BCUT2D eigenvalue weighted by molar-refractivity contribution is 6.03. The fraction of sp³-hybridized carbons (Fsp3) is 0.120. The number of pyridine rings is 1. The van der Waals surface area contributed by atoms with Crippen molar-refractivity contribution < 1.29 is 13.5 Å². The standard InChI is InChI=1S/C25H18F2N4O2/c1-4-5-7-16(14-29-2)31-22-15-33-23(10-11-26)24(30-3)19(22)12-18(25(31)32)17-8-6-9-21(27)20(17)13-28/h6-12,14H,3,15H2,1-2H3/b11-10+,16-7+,29-14?. The van der Waals surface area contributed by atoms with Gasteiger partial charge in [0, 0.05) is 42.1 Å². The van der Waals surface area contributed by atoms with Gasteiger partial charge in [-0.15, -0.1) is 5.92 Å². The van der Waals surface area contributed by atoms with Crippen LogP contribution < -0.4 is 5.56 Å². The van der Waals surface area contributed by atoms with Crippen LogP contribution in [0.15, 0.2) is 63.3 Å². The highest BCUT2D eigenvalue weighted by Crippen LogP contribution is 2.34. The van der Waals surface area contributed by atoms with Gasteiger partial charge in [0.2, 0.25) is 0 Å². The second-order valence-electron chi connectivity index (χ2n) is 6.64. The molecule has 0 saturated heterocycles. The molecule has 1 aliphatic heterocycles. The number of fused-ring (bicyclic) bond motifs is 1. The molecule has 3 rings (SSSR count). The van der Waals surface area contributed by atoms with Gasteiger partial charge in [-0.3, -0.25) is 19.3 Å². The summed E-state index contributed by atoms with van der Waals surface area (Å²) in [6, 6.07) is 7.32. The molecule has 0 atom stereocenters. The van der Waals surface area contributed by atoms with Gasteiger partial charge in [0.25, 0.3) is 5.56 Å². The van der Waals surface area contributed by atoms with E-state index < -0.39 is 11.4 Å². The molecule has 1 aromatic heterocycles. The summed E-state index contributed by atoms with van der Waals surface area (Å²) in [4.78, 5) is 21.7. The predicted molar refractivity (Wildman–Crippen MR) is 124 cm³/mol. The van der Waals surface area contributed by atoms with Crippen LogP contribution in [0.4, 0.5) is 8.78 Å². The highest BCUT2D eigenvalue weighted by atomic mass is 19.1. The van der Waals surface area contributed by atoms with E-state index in [2.05, 4.69) is 28.5 Å². The summed E-state index contributed by atoms with van der Waals surface area (Å²) in [6.07, 6.45) is 4.32. The number of halogens is 2. The number of aromatic nitrogens is 1.